The molecule has 0 atom stereocenters. The van der Waals surface area contributed by atoms with E-state index in [1.165, 1.54) is 0 Å². The van der Waals surface area contributed by atoms with Crippen LogP contribution in [0.15, 0.2) is 12.1 Å². The zero-order chi connectivity index (χ0) is 13.8. The van der Waals surface area contributed by atoms with Gasteiger partial charge in [0.15, 0.2) is 0 Å². The zero-order valence-electron chi connectivity index (χ0n) is 8.99. The third-order valence-electron chi connectivity index (χ3n) is 1.88. The van der Waals surface area contributed by atoms with Crippen molar-refractivity contribution in [3.05, 3.63) is 22.2 Å². The van der Waals surface area contributed by atoms with E-state index in [1.807, 2.05) is 0 Å². The fourth-order valence-corrected chi connectivity index (χ4v) is 1.12. The van der Waals surface area contributed by atoms with Crippen LogP contribution in [-0.4, -0.2) is 22.6 Å². The normalized spacial score (nSPS) is 11.1. The Labute approximate surface area is 99.3 Å². The van der Waals surface area contributed by atoms with Crippen LogP contribution >= 0.6 is 0 Å². The second-order valence-electron chi connectivity index (χ2n) is 3.29. The van der Waals surface area contributed by atoms with E-state index in [1.54, 1.807) is 0 Å². The molecule has 0 bridgehead atoms. The molecule has 0 saturated carbocycles. The number of nitrogens with two attached hydrogens (primary N) is 1. The Bertz CT molecular complexity index is 437. The Kier molecular flexibility index (Phi) is 4.26. The number of nitrogens with zero attached hydrogens (tertiary/aromatic N) is 2. The average molecular weight is 265 g/mol. The van der Waals surface area contributed by atoms with Gasteiger partial charge in [-0.2, -0.15) is 13.2 Å². The lowest BCUT2D eigenvalue weighted by atomic mass is 10.3. The molecule has 0 aliphatic rings. The standard InChI is InChI=1S/C8H10F3N5O2/c9-8(10,11)1-2-13-6-3-5(16(17)18)4-7(14-6)15-12/h3-4H,1-2,12H2,(H2,13,14,15). The van der Waals surface area contributed by atoms with Crippen molar-refractivity contribution >= 4 is 17.3 Å². The van der Waals surface area contributed by atoms with Gasteiger partial charge in [-0.1, -0.05) is 0 Å². The van der Waals surface area contributed by atoms with E-state index in [9.17, 15) is 23.3 Å². The highest BCUT2D eigenvalue weighted by atomic mass is 19.4. The minimum Gasteiger partial charge on any atom is -0.369 e. The lowest BCUT2D eigenvalue weighted by Crippen LogP contribution is -2.16. The van der Waals surface area contributed by atoms with Crippen LogP contribution in [0.4, 0.5) is 30.5 Å². The van der Waals surface area contributed by atoms with E-state index >= 15 is 0 Å². The summed E-state index contributed by atoms with van der Waals surface area (Å²) in [6, 6.07) is 2.09. The van der Waals surface area contributed by atoms with Crippen molar-refractivity contribution < 1.29 is 18.1 Å². The molecule has 0 amide bonds. The summed E-state index contributed by atoms with van der Waals surface area (Å²) in [6.07, 6.45) is -5.37. The van der Waals surface area contributed by atoms with Gasteiger partial charge >= 0.3 is 6.18 Å². The molecular weight excluding hydrogens is 255 g/mol. The summed E-state index contributed by atoms with van der Waals surface area (Å²) < 4.78 is 35.7. The smallest absolute Gasteiger partial charge is 0.369 e. The van der Waals surface area contributed by atoms with Crippen molar-refractivity contribution in [1.29, 1.82) is 0 Å². The molecule has 0 aromatic carbocycles. The first kappa shape index (κ1) is 14.0. The summed E-state index contributed by atoms with van der Waals surface area (Å²) in [5, 5.41) is 12.9. The Morgan fingerprint density at radius 2 is 2.00 bits per heavy atom. The van der Waals surface area contributed by atoms with Gasteiger partial charge in [-0.25, -0.2) is 10.8 Å². The maximum atomic E-state index is 11.9. The number of nitrogens with one attached hydrogen (secondary N) is 2. The monoisotopic (exact) mass is 265 g/mol. The summed E-state index contributed by atoms with van der Waals surface area (Å²) in [7, 11) is 0. The number of nitrogen functional groups attached to an aromatic ring is 1. The molecule has 0 saturated heterocycles. The van der Waals surface area contributed by atoms with Gasteiger partial charge in [-0.05, 0) is 0 Å². The molecule has 0 fully saturated rings. The Balaban J connectivity index is 2.76. The predicted octanol–water partition coefficient (Wildman–Crippen LogP) is 1.64. The van der Waals surface area contributed by atoms with Crippen molar-refractivity contribution in [2.24, 2.45) is 5.84 Å². The molecule has 100 valence electrons. The molecular formula is C8H10F3N5O2. The van der Waals surface area contributed by atoms with Gasteiger partial charge in [0.05, 0.1) is 23.5 Å². The molecule has 10 heteroatoms. The third-order valence-corrected chi connectivity index (χ3v) is 1.88. The number of hydrazine groups is 1. The number of nitro groups is 1. The van der Waals surface area contributed by atoms with Crippen LogP contribution < -0.4 is 16.6 Å². The molecule has 1 rings (SSSR count). The molecule has 0 spiro atoms. The highest BCUT2D eigenvalue weighted by Crippen LogP contribution is 2.22. The highest BCUT2D eigenvalue weighted by Gasteiger charge is 2.26. The summed E-state index contributed by atoms with van der Waals surface area (Å²) in [5.74, 6) is 4.97. The topological polar surface area (TPSA) is 106 Å². The van der Waals surface area contributed by atoms with E-state index in [2.05, 4.69) is 15.7 Å². The van der Waals surface area contributed by atoms with Crippen LogP contribution in [0.3, 0.4) is 0 Å². The van der Waals surface area contributed by atoms with E-state index < -0.39 is 24.1 Å². The number of alkyl halides is 3. The fraction of sp³-hybridized carbons (Fsp3) is 0.375. The molecule has 7 nitrogen and oxygen atoms in total. The van der Waals surface area contributed by atoms with Crippen molar-refractivity contribution in [3.63, 3.8) is 0 Å². The molecule has 18 heavy (non-hydrogen) atoms. The Hall–Kier alpha value is -2.10. The van der Waals surface area contributed by atoms with Gasteiger partial charge in [0.1, 0.15) is 11.6 Å². The SMILES string of the molecule is NNc1cc([N+](=O)[O-])cc(NCCC(F)(F)F)n1. The predicted molar refractivity (Wildman–Crippen MR) is 57.9 cm³/mol. The van der Waals surface area contributed by atoms with Gasteiger partial charge in [-0.15, -0.1) is 0 Å². The van der Waals surface area contributed by atoms with Crippen LogP contribution in [0.5, 0.6) is 0 Å². The summed E-state index contributed by atoms with van der Waals surface area (Å²) in [6.45, 7) is -0.429. The van der Waals surface area contributed by atoms with Crippen molar-refractivity contribution in [2.75, 3.05) is 17.3 Å². The first-order valence-electron chi connectivity index (χ1n) is 4.75. The molecule has 1 aromatic heterocycles. The largest absolute Gasteiger partial charge is 0.390 e. The van der Waals surface area contributed by atoms with Crippen LogP contribution in [-0.2, 0) is 0 Å². The Morgan fingerprint density at radius 1 is 1.39 bits per heavy atom. The number of hydrogen-bond donors (Lipinski definition) is 3. The van der Waals surface area contributed by atoms with Crippen LogP contribution in [0.1, 0.15) is 6.42 Å². The number of halogens is 3. The van der Waals surface area contributed by atoms with E-state index in [0.29, 0.717) is 0 Å². The minimum atomic E-state index is -4.30. The molecule has 1 aromatic rings. The van der Waals surface area contributed by atoms with Crippen LogP contribution in [0.2, 0.25) is 0 Å². The third kappa shape index (κ3) is 4.41. The molecule has 0 aliphatic heterocycles. The van der Waals surface area contributed by atoms with Gasteiger partial charge in [-0.3, -0.25) is 10.1 Å². The number of anilines is 2. The van der Waals surface area contributed by atoms with Gasteiger partial charge < -0.3 is 10.7 Å². The molecule has 0 unspecified atom stereocenters. The lowest BCUT2D eigenvalue weighted by Gasteiger charge is -2.09. The molecule has 4 N–H and O–H groups in total. The Morgan fingerprint density at radius 3 is 2.50 bits per heavy atom. The highest BCUT2D eigenvalue weighted by molar-refractivity contribution is 5.54. The second-order valence-corrected chi connectivity index (χ2v) is 3.29. The number of hydrogen-bond acceptors (Lipinski definition) is 6. The van der Waals surface area contributed by atoms with E-state index in [4.69, 9.17) is 5.84 Å². The summed E-state index contributed by atoms with van der Waals surface area (Å²) in [5.41, 5.74) is 1.77. The van der Waals surface area contributed by atoms with Gasteiger partial charge in [0.2, 0.25) is 0 Å². The average Bonchev–Trinajstić information content (AvgIpc) is 2.26. The summed E-state index contributed by atoms with van der Waals surface area (Å²) >= 11 is 0. The van der Waals surface area contributed by atoms with Crippen molar-refractivity contribution in [3.8, 4) is 0 Å². The second kappa shape index (κ2) is 5.49. The van der Waals surface area contributed by atoms with Gasteiger partial charge in [0, 0.05) is 6.54 Å². The number of rotatable bonds is 5. The van der Waals surface area contributed by atoms with Gasteiger partial charge in [0.25, 0.3) is 5.69 Å². The van der Waals surface area contributed by atoms with Crippen molar-refractivity contribution in [2.45, 2.75) is 12.6 Å². The maximum absolute atomic E-state index is 11.9. The van der Waals surface area contributed by atoms with E-state index in [0.717, 1.165) is 12.1 Å². The number of pyridine rings is 1. The lowest BCUT2D eigenvalue weighted by molar-refractivity contribution is -0.384. The minimum absolute atomic E-state index is 0.0151. The zero-order valence-corrected chi connectivity index (χ0v) is 8.99. The fourth-order valence-electron chi connectivity index (χ4n) is 1.12. The molecule has 0 aliphatic carbocycles. The first-order valence-corrected chi connectivity index (χ1v) is 4.75. The first-order chi connectivity index (χ1) is 8.31. The van der Waals surface area contributed by atoms with Crippen LogP contribution in [0, 0.1) is 10.1 Å². The van der Waals surface area contributed by atoms with E-state index in [-0.39, 0.29) is 17.3 Å². The number of aromatic nitrogens is 1. The van der Waals surface area contributed by atoms with Crippen LogP contribution in [0.25, 0.3) is 0 Å². The quantitative estimate of drug-likeness (QED) is 0.424. The summed E-state index contributed by atoms with van der Waals surface area (Å²) in [4.78, 5) is 13.6. The molecule has 0 radical (unpaired) electrons. The molecule has 1 heterocycles. The maximum Gasteiger partial charge on any atom is 0.390 e. The van der Waals surface area contributed by atoms with Crippen molar-refractivity contribution in [1.82, 2.24) is 4.98 Å².